The van der Waals surface area contributed by atoms with Gasteiger partial charge in [0.05, 0.1) is 26.8 Å². The standard InChI is InChI=1S/C25H25FN2O3/c1-30-22-13-18-11-12-28(16-24(29)27-20-10-6-9-19(26)14-20)25(17-7-4-3-5-8-17)21(18)15-23(22)31-2/h3-10,13-15,25H,11-12,16H2,1-2H3,(H,27,29)/t25-/m1/s1. The van der Waals surface area contributed by atoms with E-state index in [-0.39, 0.29) is 24.3 Å². The predicted octanol–water partition coefficient (Wildman–Crippen LogP) is 4.43. The minimum atomic E-state index is -0.382. The Bertz CT molecular complexity index is 1070. The fourth-order valence-electron chi connectivity index (χ4n) is 4.14. The molecular formula is C25H25FN2O3. The summed E-state index contributed by atoms with van der Waals surface area (Å²) in [4.78, 5) is 14.9. The molecule has 0 radical (unpaired) electrons. The summed E-state index contributed by atoms with van der Waals surface area (Å²) in [7, 11) is 3.25. The third kappa shape index (κ3) is 4.54. The van der Waals surface area contributed by atoms with Crippen LogP contribution < -0.4 is 14.8 Å². The van der Waals surface area contributed by atoms with Gasteiger partial charge in [-0.05, 0) is 53.4 Å². The summed E-state index contributed by atoms with van der Waals surface area (Å²) < 4.78 is 24.5. The first-order chi connectivity index (χ1) is 15.1. The molecule has 3 aromatic carbocycles. The molecule has 4 rings (SSSR count). The highest BCUT2D eigenvalue weighted by molar-refractivity contribution is 5.92. The maximum Gasteiger partial charge on any atom is 0.238 e. The summed E-state index contributed by atoms with van der Waals surface area (Å²) in [6, 6.07) is 19.9. The number of rotatable bonds is 6. The summed E-state index contributed by atoms with van der Waals surface area (Å²) >= 11 is 0. The van der Waals surface area contributed by atoms with Gasteiger partial charge in [0.15, 0.2) is 11.5 Å². The number of carbonyl (C=O) groups excluding carboxylic acids is 1. The maximum absolute atomic E-state index is 13.5. The summed E-state index contributed by atoms with van der Waals surface area (Å²) in [5.41, 5.74) is 3.81. The quantitative estimate of drug-likeness (QED) is 0.641. The zero-order valence-electron chi connectivity index (χ0n) is 17.6. The van der Waals surface area contributed by atoms with Crippen molar-refractivity contribution in [3.05, 3.63) is 89.2 Å². The number of benzene rings is 3. The third-order valence-corrected chi connectivity index (χ3v) is 5.54. The lowest BCUT2D eigenvalue weighted by Gasteiger charge is -2.37. The van der Waals surface area contributed by atoms with Crippen LogP contribution >= 0.6 is 0 Å². The van der Waals surface area contributed by atoms with Crippen LogP contribution in [0.5, 0.6) is 11.5 Å². The molecule has 0 aliphatic carbocycles. The van der Waals surface area contributed by atoms with E-state index in [0.29, 0.717) is 23.7 Å². The van der Waals surface area contributed by atoms with Crippen LogP contribution in [-0.4, -0.2) is 38.1 Å². The number of amides is 1. The number of carbonyl (C=O) groups is 1. The molecule has 0 bridgehead atoms. The molecular weight excluding hydrogens is 395 g/mol. The molecule has 0 fully saturated rings. The van der Waals surface area contributed by atoms with E-state index in [1.165, 1.54) is 17.7 Å². The number of nitrogens with zero attached hydrogens (tertiary/aromatic N) is 1. The minimum Gasteiger partial charge on any atom is -0.493 e. The van der Waals surface area contributed by atoms with Gasteiger partial charge in [-0.3, -0.25) is 9.69 Å². The Hall–Kier alpha value is -3.38. The summed E-state index contributed by atoms with van der Waals surface area (Å²) in [6.45, 7) is 0.891. The van der Waals surface area contributed by atoms with Gasteiger partial charge in [0.1, 0.15) is 5.82 Å². The molecule has 1 aliphatic heterocycles. The number of ether oxygens (including phenoxy) is 2. The van der Waals surface area contributed by atoms with Crippen LogP contribution in [0.25, 0.3) is 0 Å². The molecule has 6 heteroatoms. The Kier molecular flexibility index (Phi) is 6.18. The Balaban J connectivity index is 1.65. The van der Waals surface area contributed by atoms with Gasteiger partial charge >= 0.3 is 0 Å². The molecule has 5 nitrogen and oxygen atoms in total. The van der Waals surface area contributed by atoms with E-state index in [1.807, 2.05) is 30.3 Å². The van der Waals surface area contributed by atoms with Gasteiger partial charge in [-0.15, -0.1) is 0 Å². The average Bonchev–Trinajstić information content (AvgIpc) is 2.78. The van der Waals surface area contributed by atoms with E-state index in [1.54, 1.807) is 26.4 Å². The number of nitrogens with one attached hydrogen (secondary N) is 1. The van der Waals surface area contributed by atoms with Gasteiger partial charge < -0.3 is 14.8 Å². The average molecular weight is 420 g/mol. The Labute approximate surface area is 181 Å². The van der Waals surface area contributed by atoms with Crippen LogP contribution in [-0.2, 0) is 11.2 Å². The van der Waals surface area contributed by atoms with Crippen molar-refractivity contribution in [2.24, 2.45) is 0 Å². The summed E-state index contributed by atoms with van der Waals surface area (Å²) in [5, 5.41) is 2.80. The van der Waals surface area contributed by atoms with Gasteiger partial charge in [-0.25, -0.2) is 4.39 Å². The van der Waals surface area contributed by atoms with E-state index < -0.39 is 0 Å². The number of fused-ring (bicyclic) bond motifs is 1. The van der Waals surface area contributed by atoms with Crippen LogP contribution in [0.4, 0.5) is 10.1 Å². The number of anilines is 1. The molecule has 1 N–H and O–H groups in total. The van der Waals surface area contributed by atoms with Crippen molar-refractivity contribution >= 4 is 11.6 Å². The van der Waals surface area contributed by atoms with Crippen LogP contribution in [0.3, 0.4) is 0 Å². The fourth-order valence-corrected chi connectivity index (χ4v) is 4.14. The largest absolute Gasteiger partial charge is 0.493 e. The first-order valence-corrected chi connectivity index (χ1v) is 10.2. The van der Waals surface area contributed by atoms with E-state index in [2.05, 4.69) is 22.3 Å². The van der Waals surface area contributed by atoms with E-state index in [9.17, 15) is 9.18 Å². The van der Waals surface area contributed by atoms with Crippen LogP contribution in [0, 0.1) is 5.82 Å². The number of hydrogen-bond donors (Lipinski definition) is 1. The lowest BCUT2D eigenvalue weighted by molar-refractivity contribution is -0.117. The lowest BCUT2D eigenvalue weighted by atomic mass is 9.87. The lowest BCUT2D eigenvalue weighted by Crippen LogP contribution is -2.41. The van der Waals surface area contributed by atoms with Gasteiger partial charge in [0.2, 0.25) is 5.91 Å². The molecule has 31 heavy (non-hydrogen) atoms. The predicted molar refractivity (Wildman–Crippen MR) is 118 cm³/mol. The van der Waals surface area contributed by atoms with Crippen LogP contribution in [0.15, 0.2) is 66.7 Å². The molecule has 0 saturated heterocycles. The van der Waals surface area contributed by atoms with Crippen molar-refractivity contribution in [1.82, 2.24) is 4.90 Å². The highest BCUT2D eigenvalue weighted by Crippen LogP contribution is 2.40. The SMILES string of the molecule is COc1cc2c(cc1OC)[C@@H](c1ccccc1)N(CC(=O)Nc1cccc(F)c1)CC2. The van der Waals surface area contributed by atoms with Crippen LogP contribution in [0.2, 0.25) is 0 Å². The molecule has 0 saturated carbocycles. The number of halogens is 1. The zero-order chi connectivity index (χ0) is 21.8. The van der Waals surface area contributed by atoms with Gasteiger partial charge in [0, 0.05) is 12.2 Å². The van der Waals surface area contributed by atoms with Crippen molar-refractivity contribution in [2.45, 2.75) is 12.5 Å². The van der Waals surface area contributed by atoms with Gasteiger partial charge in [-0.1, -0.05) is 36.4 Å². The summed E-state index contributed by atoms with van der Waals surface area (Å²) in [5.74, 6) is 0.793. The van der Waals surface area contributed by atoms with Gasteiger partial charge in [0.25, 0.3) is 0 Å². The normalized spacial score (nSPS) is 15.8. The van der Waals surface area contributed by atoms with Crippen LogP contribution in [0.1, 0.15) is 22.7 Å². The number of methoxy groups -OCH3 is 2. The topological polar surface area (TPSA) is 50.8 Å². The van der Waals surface area contributed by atoms with Crippen molar-refractivity contribution in [1.29, 1.82) is 0 Å². The molecule has 3 aromatic rings. The second-order valence-electron chi connectivity index (χ2n) is 7.50. The molecule has 0 unspecified atom stereocenters. The fraction of sp³-hybridized carbons (Fsp3) is 0.240. The van der Waals surface area contributed by atoms with Crippen molar-refractivity contribution in [3.8, 4) is 11.5 Å². The molecule has 1 atom stereocenters. The monoisotopic (exact) mass is 420 g/mol. The third-order valence-electron chi connectivity index (χ3n) is 5.54. The molecule has 160 valence electrons. The smallest absolute Gasteiger partial charge is 0.238 e. The molecule has 0 aromatic heterocycles. The second kappa shape index (κ2) is 9.18. The molecule has 1 amide bonds. The Morgan fingerprint density at radius 1 is 1.03 bits per heavy atom. The van der Waals surface area contributed by atoms with Crippen molar-refractivity contribution in [2.75, 3.05) is 32.6 Å². The second-order valence-corrected chi connectivity index (χ2v) is 7.50. The van der Waals surface area contributed by atoms with Crippen molar-refractivity contribution < 1.29 is 18.7 Å². The van der Waals surface area contributed by atoms with Gasteiger partial charge in [-0.2, -0.15) is 0 Å². The zero-order valence-corrected chi connectivity index (χ0v) is 17.6. The van der Waals surface area contributed by atoms with Crippen molar-refractivity contribution in [3.63, 3.8) is 0 Å². The Morgan fingerprint density at radius 3 is 2.48 bits per heavy atom. The molecule has 1 heterocycles. The maximum atomic E-state index is 13.5. The first kappa shape index (κ1) is 20.9. The Morgan fingerprint density at radius 2 is 1.77 bits per heavy atom. The highest BCUT2D eigenvalue weighted by Gasteiger charge is 2.31. The highest BCUT2D eigenvalue weighted by atomic mass is 19.1. The minimum absolute atomic E-state index is 0.108. The first-order valence-electron chi connectivity index (χ1n) is 10.2. The molecule has 1 aliphatic rings. The number of hydrogen-bond acceptors (Lipinski definition) is 4. The molecule has 0 spiro atoms. The van der Waals surface area contributed by atoms with E-state index in [4.69, 9.17) is 9.47 Å². The van der Waals surface area contributed by atoms with E-state index in [0.717, 1.165) is 17.5 Å². The summed E-state index contributed by atoms with van der Waals surface area (Å²) in [6.07, 6.45) is 0.784. The van der Waals surface area contributed by atoms with E-state index >= 15 is 0 Å².